The van der Waals surface area contributed by atoms with Gasteiger partial charge in [0.1, 0.15) is 6.61 Å². The molecule has 0 aromatic heterocycles. The van der Waals surface area contributed by atoms with Gasteiger partial charge in [-0.15, -0.1) is 0 Å². The number of amides is 1. The molecule has 1 saturated heterocycles. The normalized spacial score (nSPS) is 16.2. The van der Waals surface area contributed by atoms with E-state index in [4.69, 9.17) is 9.47 Å². The highest BCUT2D eigenvalue weighted by molar-refractivity contribution is 7.89. The molecule has 0 aliphatic carbocycles. The molecule has 1 fully saturated rings. The van der Waals surface area contributed by atoms with Gasteiger partial charge < -0.3 is 14.4 Å². The first-order valence-electron chi connectivity index (χ1n) is 8.36. The van der Waals surface area contributed by atoms with E-state index in [-0.39, 0.29) is 31.2 Å². The summed E-state index contributed by atoms with van der Waals surface area (Å²) in [7, 11) is -0.216. The van der Waals surface area contributed by atoms with Crippen molar-refractivity contribution in [3.05, 3.63) is 35.9 Å². The molecule has 2 rings (SSSR count). The Morgan fingerprint density at radius 3 is 2.44 bits per heavy atom. The highest BCUT2D eigenvalue weighted by Crippen LogP contribution is 2.15. The number of hydrogen-bond acceptors (Lipinski definition) is 5. The molecule has 1 aliphatic rings. The lowest BCUT2D eigenvalue weighted by Gasteiger charge is -2.31. The summed E-state index contributed by atoms with van der Waals surface area (Å²) in [6.07, 6.45) is 1.03. The average Bonchev–Trinajstić information content (AvgIpc) is 2.61. The van der Waals surface area contributed by atoms with Crippen molar-refractivity contribution in [1.82, 2.24) is 9.21 Å². The van der Waals surface area contributed by atoms with Crippen molar-refractivity contribution in [3.63, 3.8) is 0 Å². The van der Waals surface area contributed by atoms with Crippen LogP contribution in [0.2, 0.25) is 0 Å². The Balaban J connectivity index is 1.66. The van der Waals surface area contributed by atoms with Crippen molar-refractivity contribution in [3.8, 4) is 0 Å². The van der Waals surface area contributed by atoms with Gasteiger partial charge in [0.05, 0.1) is 18.5 Å². The van der Waals surface area contributed by atoms with Crippen molar-refractivity contribution < 1.29 is 22.7 Å². The Morgan fingerprint density at radius 1 is 1.20 bits per heavy atom. The standard InChI is InChI=1S/C17H26N2O5S/c1-18(2)25(21,22)13-12-23-16-8-10-19(11-9-16)17(20)24-14-15-6-4-3-5-7-15/h3-7,16H,8-14H2,1-2H3. The smallest absolute Gasteiger partial charge is 0.410 e. The van der Waals surface area contributed by atoms with Crippen molar-refractivity contribution in [1.29, 1.82) is 0 Å². The molecule has 7 nitrogen and oxygen atoms in total. The number of sulfonamides is 1. The molecule has 0 unspecified atom stereocenters. The lowest BCUT2D eigenvalue weighted by molar-refractivity contribution is 0.0113. The lowest BCUT2D eigenvalue weighted by atomic mass is 10.1. The van der Waals surface area contributed by atoms with Crippen molar-refractivity contribution in [2.24, 2.45) is 0 Å². The van der Waals surface area contributed by atoms with Crippen LogP contribution < -0.4 is 0 Å². The molecule has 1 aromatic rings. The Bertz CT molecular complexity index is 640. The molecule has 1 aliphatic heterocycles. The number of carbonyl (C=O) groups is 1. The summed E-state index contributed by atoms with van der Waals surface area (Å²) in [5, 5.41) is 0. The first-order chi connectivity index (χ1) is 11.9. The second-order valence-corrected chi connectivity index (χ2v) is 8.50. The molecular weight excluding hydrogens is 344 g/mol. The van der Waals surface area contributed by atoms with Crippen LogP contribution >= 0.6 is 0 Å². The van der Waals surface area contributed by atoms with E-state index in [9.17, 15) is 13.2 Å². The number of piperidine rings is 1. The maximum atomic E-state index is 12.1. The molecule has 140 valence electrons. The zero-order valence-corrected chi connectivity index (χ0v) is 15.6. The maximum absolute atomic E-state index is 12.1. The monoisotopic (exact) mass is 370 g/mol. The molecular formula is C17H26N2O5S. The zero-order chi connectivity index (χ0) is 18.3. The van der Waals surface area contributed by atoms with Gasteiger partial charge in [-0.1, -0.05) is 30.3 Å². The summed E-state index contributed by atoms with van der Waals surface area (Å²) in [6, 6.07) is 9.55. The highest BCUT2D eigenvalue weighted by atomic mass is 32.2. The van der Waals surface area contributed by atoms with Gasteiger partial charge in [-0.3, -0.25) is 0 Å². The van der Waals surface area contributed by atoms with E-state index in [1.807, 2.05) is 30.3 Å². The fourth-order valence-corrected chi connectivity index (χ4v) is 3.19. The molecule has 1 aromatic carbocycles. The summed E-state index contributed by atoms with van der Waals surface area (Å²) in [5.74, 6) is -0.0284. The average molecular weight is 370 g/mol. The summed E-state index contributed by atoms with van der Waals surface area (Å²) in [5.41, 5.74) is 0.955. The van der Waals surface area contributed by atoms with Gasteiger partial charge in [0.25, 0.3) is 0 Å². The quantitative estimate of drug-likeness (QED) is 0.730. The van der Waals surface area contributed by atoms with Gasteiger partial charge in [-0.2, -0.15) is 0 Å². The first-order valence-corrected chi connectivity index (χ1v) is 9.97. The lowest BCUT2D eigenvalue weighted by Crippen LogP contribution is -2.41. The number of ether oxygens (including phenoxy) is 2. The minimum Gasteiger partial charge on any atom is -0.445 e. The molecule has 1 heterocycles. The predicted molar refractivity (Wildman–Crippen MR) is 94.6 cm³/mol. The molecule has 1 amide bonds. The van der Waals surface area contributed by atoms with E-state index in [2.05, 4.69) is 0 Å². The minimum absolute atomic E-state index is 0.0180. The molecule has 0 radical (unpaired) electrons. The van der Waals surface area contributed by atoms with Crippen LogP contribution in [0.3, 0.4) is 0 Å². The molecule has 8 heteroatoms. The van der Waals surface area contributed by atoms with Crippen LogP contribution in [0.5, 0.6) is 0 Å². The van der Waals surface area contributed by atoms with Crippen molar-refractivity contribution in [2.75, 3.05) is 39.5 Å². The predicted octanol–water partition coefficient (Wildman–Crippen LogP) is 1.70. The fraction of sp³-hybridized carbons (Fsp3) is 0.588. The van der Waals surface area contributed by atoms with Gasteiger partial charge in [-0.05, 0) is 18.4 Å². The Labute approximate surface area is 149 Å². The van der Waals surface area contributed by atoms with E-state index in [0.717, 1.165) is 5.56 Å². The van der Waals surface area contributed by atoms with Crippen LogP contribution in [0, 0.1) is 0 Å². The van der Waals surface area contributed by atoms with E-state index < -0.39 is 10.0 Å². The SMILES string of the molecule is CN(C)S(=O)(=O)CCOC1CCN(C(=O)OCc2ccccc2)CC1. The summed E-state index contributed by atoms with van der Waals surface area (Å²) < 4.78 is 35.5. The second-order valence-electron chi connectivity index (χ2n) is 6.20. The van der Waals surface area contributed by atoms with Crippen LogP contribution in [0.4, 0.5) is 4.79 Å². The summed E-state index contributed by atoms with van der Waals surface area (Å²) in [4.78, 5) is 13.7. The van der Waals surface area contributed by atoms with Gasteiger partial charge in [0.15, 0.2) is 0 Å². The third-order valence-corrected chi connectivity index (χ3v) is 5.95. The molecule has 0 N–H and O–H groups in total. The Kier molecular flexibility index (Phi) is 7.22. The zero-order valence-electron chi connectivity index (χ0n) is 14.8. The number of carbonyl (C=O) groups excluding carboxylic acids is 1. The van der Waals surface area contributed by atoms with Gasteiger partial charge in [-0.25, -0.2) is 17.5 Å². The number of rotatable bonds is 7. The third kappa shape index (κ3) is 6.30. The van der Waals surface area contributed by atoms with Crippen molar-refractivity contribution in [2.45, 2.75) is 25.6 Å². The number of hydrogen-bond donors (Lipinski definition) is 0. The molecule has 0 spiro atoms. The van der Waals surface area contributed by atoms with Crippen LogP contribution in [0.1, 0.15) is 18.4 Å². The largest absolute Gasteiger partial charge is 0.445 e. The summed E-state index contributed by atoms with van der Waals surface area (Å²) in [6.45, 7) is 1.54. The number of nitrogens with zero attached hydrogens (tertiary/aromatic N) is 2. The van der Waals surface area contributed by atoms with E-state index in [1.165, 1.54) is 18.4 Å². The number of likely N-dealkylation sites (tertiary alicyclic amines) is 1. The molecule has 0 atom stereocenters. The maximum Gasteiger partial charge on any atom is 0.410 e. The van der Waals surface area contributed by atoms with Crippen LogP contribution in [-0.2, 0) is 26.1 Å². The molecule has 25 heavy (non-hydrogen) atoms. The van der Waals surface area contributed by atoms with Crippen LogP contribution in [0.15, 0.2) is 30.3 Å². The van der Waals surface area contributed by atoms with E-state index >= 15 is 0 Å². The van der Waals surface area contributed by atoms with E-state index in [1.54, 1.807) is 4.90 Å². The third-order valence-electron chi connectivity index (χ3n) is 4.16. The fourth-order valence-electron chi connectivity index (χ4n) is 2.52. The summed E-state index contributed by atoms with van der Waals surface area (Å²) >= 11 is 0. The molecule has 0 saturated carbocycles. The van der Waals surface area contributed by atoms with E-state index in [0.29, 0.717) is 25.9 Å². The second kappa shape index (κ2) is 9.17. The minimum atomic E-state index is -3.23. The van der Waals surface area contributed by atoms with Gasteiger partial charge in [0, 0.05) is 27.2 Å². The highest BCUT2D eigenvalue weighted by Gasteiger charge is 2.25. The Morgan fingerprint density at radius 2 is 1.84 bits per heavy atom. The number of benzene rings is 1. The van der Waals surface area contributed by atoms with Gasteiger partial charge >= 0.3 is 6.09 Å². The van der Waals surface area contributed by atoms with Gasteiger partial charge in [0.2, 0.25) is 10.0 Å². The van der Waals surface area contributed by atoms with Crippen LogP contribution in [-0.4, -0.2) is 69.4 Å². The Hall–Kier alpha value is -1.64. The topological polar surface area (TPSA) is 76.2 Å². The first kappa shape index (κ1) is 19.7. The molecule has 0 bridgehead atoms. The van der Waals surface area contributed by atoms with Crippen molar-refractivity contribution >= 4 is 16.1 Å². The van der Waals surface area contributed by atoms with Crippen LogP contribution in [0.25, 0.3) is 0 Å².